The van der Waals surface area contributed by atoms with E-state index in [1.807, 2.05) is 19.1 Å². The number of nitrogens with zero attached hydrogens (tertiary/aromatic N) is 1. The van der Waals surface area contributed by atoms with Crippen LogP contribution in [0.5, 0.6) is 0 Å². The van der Waals surface area contributed by atoms with Crippen LogP contribution in [0.1, 0.15) is 30.7 Å². The Balaban J connectivity index is 1.84. The Morgan fingerprint density at radius 1 is 1.67 bits per heavy atom. The Kier molecular flexibility index (Phi) is 6.29. The molecule has 1 fully saturated rings. The highest BCUT2D eigenvalue weighted by atomic mass is 35.5. The number of carbonyl (C=O) groups excluding carboxylic acids is 1. The number of amides is 2. The summed E-state index contributed by atoms with van der Waals surface area (Å²) in [5.74, 6) is 0. The van der Waals surface area contributed by atoms with Gasteiger partial charge in [-0.15, -0.1) is 11.3 Å². The summed E-state index contributed by atoms with van der Waals surface area (Å²) < 4.78 is 6.24. The quantitative estimate of drug-likeness (QED) is 0.871. The summed E-state index contributed by atoms with van der Waals surface area (Å²) >= 11 is 7.39. The molecule has 1 saturated heterocycles. The third kappa shape index (κ3) is 4.85. The summed E-state index contributed by atoms with van der Waals surface area (Å²) in [5.41, 5.74) is 0. The lowest BCUT2D eigenvalue weighted by Crippen LogP contribution is -2.48. The van der Waals surface area contributed by atoms with Gasteiger partial charge in [0.05, 0.1) is 29.7 Å². The minimum Gasteiger partial charge on any atom is -0.394 e. The van der Waals surface area contributed by atoms with E-state index in [4.69, 9.17) is 21.4 Å². The summed E-state index contributed by atoms with van der Waals surface area (Å²) in [4.78, 5) is 15.1. The molecule has 7 heteroatoms. The second-order valence-electron chi connectivity index (χ2n) is 5.12. The average Bonchev–Trinajstić information content (AvgIpc) is 2.92. The topological polar surface area (TPSA) is 61.8 Å². The number of halogens is 1. The second-order valence-corrected chi connectivity index (χ2v) is 6.86. The number of piperidine rings is 1. The largest absolute Gasteiger partial charge is 0.394 e. The summed E-state index contributed by atoms with van der Waals surface area (Å²) in [6.45, 7) is 3.60. The molecule has 1 aromatic heterocycles. The van der Waals surface area contributed by atoms with Crippen LogP contribution in [0.25, 0.3) is 0 Å². The van der Waals surface area contributed by atoms with Gasteiger partial charge in [-0.2, -0.15) is 0 Å². The number of hydrogen-bond donors (Lipinski definition) is 2. The van der Waals surface area contributed by atoms with E-state index in [9.17, 15) is 4.79 Å². The normalized spacial score (nSPS) is 20.3. The van der Waals surface area contributed by atoms with Gasteiger partial charge >= 0.3 is 6.03 Å². The van der Waals surface area contributed by atoms with Gasteiger partial charge in [-0.25, -0.2) is 4.79 Å². The predicted molar refractivity (Wildman–Crippen MR) is 83.9 cm³/mol. The lowest BCUT2D eigenvalue weighted by atomic mass is 10.1. The van der Waals surface area contributed by atoms with Crippen LogP contribution in [-0.2, 0) is 4.74 Å². The molecule has 2 atom stereocenters. The molecule has 2 unspecified atom stereocenters. The van der Waals surface area contributed by atoms with Gasteiger partial charge in [-0.05, 0) is 31.9 Å². The second kappa shape index (κ2) is 7.98. The Bertz CT molecular complexity index is 469. The SMILES string of the molecule is CC(NC(=O)N1CCCC(OCCO)C1)c1ccc(Cl)s1. The lowest BCUT2D eigenvalue weighted by Gasteiger charge is -2.33. The third-order valence-corrected chi connectivity index (χ3v) is 4.88. The van der Waals surface area contributed by atoms with Gasteiger partial charge < -0.3 is 20.1 Å². The maximum Gasteiger partial charge on any atom is 0.317 e. The van der Waals surface area contributed by atoms with Crippen molar-refractivity contribution in [3.63, 3.8) is 0 Å². The van der Waals surface area contributed by atoms with Crippen molar-refractivity contribution in [2.24, 2.45) is 0 Å². The summed E-state index contributed by atoms with van der Waals surface area (Å²) in [5, 5.41) is 11.8. The molecule has 1 aliphatic rings. The Labute approximate surface area is 133 Å². The van der Waals surface area contributed by atoms with Crippen LogP contribution >= 0.6 is 22.9 Å². The molecule has 0 radical (unpaired) electrons. The molecule has 5 nitrogen and oxygen atoms in total. The summed E-state index contributed by atoms with van der Waals surface area (Å²) in [7, 11) is 0. The molecular formula is C14H21ClN2O3S. The Hall–Kier alpha value is -0.820. The predicted octanol–water partition coefficient (Wildman–Crippen LogP) is 2.65. The first-order valence-corrected chi connectivity index (χ1v) is 8.32. The van der Waals surface area contributed by atoms with E-state index in [0.717, 1.165) is 28.6 Å². The number of thiophene rings is 1. The molecule has 0 aromatic carbocycles. The molecule has 0 spiro atoms. The number of rotatable bonds is 5. The maximum atomic E-state index is 12.3. The van der Waals surface area contributed by atoms with E-state index in [1.54, 1.807) is 4.90 Å². The zero-order valence-corrected chi connectivity index (χ0v) is 13.6. The number of urea groups is 1. The van der Waals surface area contributed by atoms with E-state index < -0.39 is 0 Å². The summed E-state index contributed by atoms with van der Waals surface area (Å²) in [6, 6.07) is 3.63. The van der Waals surface area contributed by atoms with Crippen molar-refractivity contribution in [1.82, 2.24) is 10.2 Å². The number of likely N-dealkylation sites (tertiary alicyclic amines) is 1. The highest BCUT2D eigenvalue weighted by Gasteiger charge is 2.25. The van der Waals surface area contributed by atoms with Crippen molar-refractivity contribution >= 4 is 29.0 Å². The number of aliphatic hydroxyl groups is 1. The minimum absolute atomic E-state index is 0.0128. The number of nitrogens with one attached hydrogen (secondary N) is 1. The smallest absolute Gasteiger partial charge is 0.317 e. The van der Waals surface area contributed by atoms with Gasteiger partial charge in [0.15, 0.2) is 0 Å². The van der Waals surface area contributed by atoms with Crippen LogP contribution in [0.2, 0.25) is 4.34 Å². The third-order valence-electron chi connectivity index (χ3n) is 3.47. The molecule has 1 aliphatic heterocycles. The standard InChI is InChI=1S/C14H21ClN2O3S/c1-10(12-4-5-13(15)21-12)16-14(19)17-6-2-3-11(9-17)20-8-7-18/h4-5,10-11,18H,2-3,6-9H2,1H3,(H,16,19). The number of hydrogen-bond acceptors (Lipinski definition) is 4. The molecule has 21 heavy (non-hydrogen) atoms. The van der Waals surface area contributed by atoms with E-state index in [0.29, 0.717) is 13.2 Å². The molecule has 2 amide bonds. The van der Waals surface area contributed by atoms with Gasteiger partial charge in [-0.1, -0.05) is 11.6 Å². The number of carbonyl (C=O) groups is 1. The lowest BCUT2D eigenvalue weighted by molar-refractivity contribution is -0.00595. The molecule has 2 N–H and O–H groups in total. The van der Waals surface area contributed by atoms with Gasteiger partial charge in [-0.3, -0.25) is 0 Å². The van der Waals surface area contributed by atoms with Crippen molar-refractivity contribution in [2.45, 2.75) is 31.9 Å². The van der Waals surface area contributed by atoms with E-state index >= 15 is 0 Å². The van der Waals surface area contributed by atoms with Gasteiger partial charge in [0, 0.05) is 18.0 Å². The highest BCUT2D eigenvalue weighted by molar-refractivity contribution is 7.16. The van der Waals surface area contributed by atoms with Crippen LogP contribution < -0.4 is 5.32 Å². The fourth-order valence-electron chi connectivity index (χ4n) is 2.39. The van der Waals surface area contributed by atoms with Gasteiger partial charge in [0.2, 0.25) is 0 Å². The zero-order valence-electron chi connectivity index (χ0n) is 12.0. The first-order chi connectivity index (χ1) is 10.1. The molecule has 2 rings (SSSR count). The van der Waals surface area contributed by atoms with Crippen LogP contribution in [0.3, 0.4) is 0 Å². The van der Waals surface area contributed by atoms with Crippen LogP contribution in [0.15, 0.2) is 12.1 Å². The van der Waals surface area contributed by atoms with Crippen molar-refractivity contribution in [2.75, 3.05) is 26.3 Å². The van der Waals surface area contributed by atoms with Crippen LogP contribution in [-0.4, -0.2) is 48.4 Å². The van der Waals surface area contributed by atoms with Crippen molar-refractivity contribution in [3.05, 3.63) is 21.3 Å². The highest BCUT2D eigenvalue weighted by Crippen LogP contribution is 2.26. The van der Waals surface area contributed by atoms with Crippen molar-refractivity contribution < 1.29 is 14.6 Å². The van der Waals surface area contributed by atoms with Crippen LogP contribution in [0, 0.1) is 0 Å². The maximum absolute atomic E-state index is 12.3. The van der Waals surface area contributed by atoms with Crippen molar-refractivity contribution in [1.29, 1.82) is 0 Å². The molecule has 118 valence electrons. The van der Waals surface area contributed by atoms with Crippen LogP contribution in [0.4, 0.5) is 4.79 Å². The number of ether oxygens (including phenoxy) is 1. The van der Waals surface area contributed by atoms with E-state index in [-0.39, 0.29) is 24.8 Å². The average molecular weight is 333 g/mol. The zero-order chi connectivity index (χ0) is 15.2. The molecule has 2 heterocycles. The molecule has 0 bridgehead atoms. The van der Waals surface area contributed by atoms with E-state index in [2.05, 4.69) is 5.32 Å². The fourth-order valence-corrected chi connectivity index (χ4v) is 3.45. The first-order valence-electron chi connectivity index (χ1n) is 7.13. The number of aliphatic hydroxyl groups excluding tert-OH is 1. The minimum atomic E-state index is -0.0793. The van der Waals surface area contributed by atoms with Gasteiger partial charge in [0.1, 0.15) is 0 Å². The Morgan fingerprint density at radius 2 is 2.48 bits per heavy atom. The Morgan fingerprint density at radius 3 is 3.14 bits per heavy atom. The molecule has 0 aliphatic carbocycles. The van der Waals surface area contributed by atoms with Gasteiger partial charge in [0.25, 0.3) is 0 Å². The molecular weight excluding hydrogens is 312 g/mol. The summed E-state index contributed by atoms with van der Waals surface area (Å²) in [6.07, 6.45) is 1.87. The molecule has 1 aromatic rings. The fraction of sp³-hybridized carbons (Fsp3) is 0.643. The monoisotopic (exact) mass is 332 g/mol. The first kappa shape index (κ1) is 16.5. The van der Waals surface area contributed by atoms with Crippen molar-refractivity contribution in [3.8, 4) is 0 Å². The molecule has 0 saturated carbocycles. The van der Waals surface area contributed by atoms with E-state index in [1.165, 1.54) is 11.3 Å².